The van der Waals surface area contributed by atoms with Crippen molar-refractivity contribution in [1.82, 2.24) is 9.97 Å². The second-order valence-corrected chi connectivity index (χ2v) is 10.7. The molecule has 17 heteroatoms. The first-order valence-corrected chi connectivity index (χ1v) is 14.8. The van der Waals surface area contributed by atoms with Crippen LogP contribution in [0.3, 0.4) is 0 Å². The van der Waals surface area contributed by atoms with Crippen LogP contribution in [0.2, 0.25) is 0 Å². The second kappa shape index (κ2) is 17.8. The molecule has 0 aromatic carbocycles. The number of allylic oxidation sites excluding steroid dienone is 1. The maximum atomic E-state index is 12.3. The van der Waals surface area contributed by atoms with E-state index in [0.717, 1.165) is 30.4 Å². The van der Waals surface area contributed by atoms with E-state index in [4.69, 9.17) is 0 Å². The molecule has 0 bridgehead atoms. The van der Waals surface area contributed by atoms with E-state index >= 15 is 0 Å². The monoisotopic (exact) mass is 710 g/mol. The Morgan fingerprint density at radius 2 is 1.22 bits per heavy atom. The molecule has 268 valence electrons. The third-order valence-electron chi connectivity index (χ3n) is 6.85. The number of Topliss-reactive ketones (excluding diaryl/α,β-unsaturated/α-hetero) is 4. The number of fused-ring (bicyclic) bond motifs is 2. The van der Waals surface area contributed by atoms with Crippen molar-refractivity contribution in [3.8, 4) is 0 Å². The predicted octanol–water partition coefficient (Wildman–Crippen LogP) is 7.14. The van der Waals surface area contributed by atoms with Crippen molar-refractivity contribution in [3.05, 3.63) is 70.5 Å². The molecule has 0 unspecified atom stereocenters. The molecule has 2 heterocycles. The minimum Gasteiger partial charge on any atom is -0.501 e. The van der Waals surface area contributed by atoms with Crippen molar-refractivity contribution in [2.75, 3.05) is 6.61 Å². The van der Waals surface area contributed by atoms with Gasteiger partial charge in [0.25, 0.3) is 5.78 Å². The third kappa shape index (κ3) is 13.9. The summed E-state index contributed by atoms with van der Waals surface area (Å²) in [5, 5.41) is 0. The van der Waals surface area contributed by atoms with Gasteiger partial charge in [-0.05, 0) is 56.4 Å². The van der Waals surface area contributed by atoms with Gasteiger partial charge in [-0.2, -0.15) is 39.5 Å². The van der Waals surface area contributed by atoms with E-state index in [9.17, 15) is 63.5 Å². The fraction of sp³-hybridized carbons (Fsp3) is 0.469. The van der Waals surface area contributed by atoms with E-state index in [-0.39, 0.29) is 54.0 Å². The highest BCUT2D eigenvalue weighted by Gasteiger charge is 2.36. The van der Waals surface area contributed by atoms with Crippen molar-refractivity contribution < 1.29 is 68.2 Å². The van der Waals surface area contributed by atoms with Gasteiger partial charge >= 0.3 is 18.5 Å². The van der Waals surface area contributed by atoms with Crippen molar-refractivity contribution in [3.63, 3.8) is 0 Å². The van der Waals surface area contributed by atoms with Gasteiger partial charge < -0.3 is 4.74 Å². The van der Waals surface area contributed by atoms with Gasteiger partial charge in [0.15, 0.2) is 5.78 Å². The molecule has 2 aromatic heterocycles. The van der Waals surface area contributed by atoms with Gasteiger partial charge in [-0.15, -0.1) is 0 Å². The molecule has 5 rings (SSSR count). The van der Waals surface area contributed by atoms with E-state index in [1.165, 1.54) is 12.1 Å². The molecular weight excluding hydrogens is 679 g/mol. The summed E-state index contributed by atoms with van der Waals surface area (Å²) < 4.78 is 113. The van der Waals surface area contributed by atoms with Crippen LogP contribution in [0.5, 0.6) is 0 Å². The number of rotatable bonds is 3. The number of ether oxygens (including phenoxy) is 1. The van der Waals surface area contributed by atoms with Crippen LogP contribution in [0.15, 0.2) is 36.6 Å². The van der Waals surface area contributed by atoms with Gasteiger partial charge in [0.05, 0.1) is 30.7 Å². The van der Waals surface area contributed by atoms with Gasteiger partial charge in [0, 0.05) is 43.7 Å². The summed E-state index contributed by atoms with van der Waals surface area (Å²) in [7, 11) is 0. The van der Waals surface area contributed by atoms with Gasteiger partial charge in [0.2, 0.25) is 0 Å². The number of carbonyl (C=O) groups excluding carboxylic acids is 5. The Morgan fingerprint density at radius 1 is 0.694 bits per heavy atom. The van der Waals surface area contributed by atoms with Crippen LogP contribution in [0.4, 0.5) is 39.5 Å². The molecule has 0 atom stereocenters. The second-order valence-electron chi connectivity index (χ2n) is 10.7. The van der Waals surface area contributed by atoms with Crippen LogP contribution in [-0.2, 0) is 55.5 Å². The Bertz CT molecular complexity index is 1530. The van der Waals surface area contributed by atoms with Crippen molar-refractivity contribution >= 4 is 28.9 Å². The highest BCUT2D eigenvalue weighted by atomic mass is 19.4. The summed E-state index contributed by atoms with van der Waals surface area (Å²) in [6, 6.07) is 4.47. The van der Waals surface area contributed by atoms with Crippen LogP contribution < -0.4 is 0 Å². The number of aryl methyl sites for hydroxylation is 2. The Balaban J connectivity index is 0.000000233. The normalized spacial score (nSPS) is 16.2. The summed E-state index contributed by atoms with van der Waals surface area (Å²) >= 11 is 0. The third-order valence-corrected chi connectivity index (χ3v) is 6.85. The van der Waals surface area contributed by atoms with Crippen molar-refractivity contribution in [2.45, 2.75) is 89.7 Å². The van der Waals surface area contributed by atoms with Gasteiger partial charge in [-0.25, -0.2) is 9.97 Å². The minimum atomic E-state index is -4.80. The molecule has 1 saturated carbocycles. The minimum absolute atomic E-state index is 0.0270. The van der Waals surface area contributed by atoms with Crippen LogP contribution >= 0.6 is 0 Å². The lowest BCUT2D eigenvalue weighted by Gasteiger charge is -2.15. The lowest BCUT2D eigenvalue weighted by atomic mass is 9.94. The summed E-state index contributed by atoms with van der Waals surface area (Å²) in [5.41, 5.74) is -0.189. The number of halogens is 9. The molecule has 1 fully saturated rings. The van der Waals surface area contributed by atoms with E-state index in [1.807, 2.05) is 0 Å². The maximum Gasteiger partial charge on any atom is 0.454 e. The molecule has 0 aliphatic heterocycles. The number of pyridine rings is 2. The molecule has 0 radical (unpaired) electrons. The number of aromatic nitrogens is 2. The van der Waals surface area contributed by atoms with Gasteiger partial charge in [0.1, 0.15) is 28.7 Å². The highest BCUT2D eigenvalue weighted by molar-refractivity contribution is 6.01. The fourth-order valence-electron chi connectivity index (χ4n) is 4.45. The van der Waals surface area contributed by atoms with Crippen LogP contribution in [0, 0.1) is 0 Å². The molecule has 0 spiro atoms. The molecule has 2 aromatic rings. The average Bonchev–Trinajstić information content (AvgIpc) is 3.00. The number of carbonyl (C=O) groups is 5. The summed E-state index contributed by atoms with van der Waals surface area (Å²) in [6.45, 7) is 1.84. The molecular formula is C32H31F9N2O6. The summed E-state index contributed by atoms with van der Waals surface area (Å²) in [6.07, 6.45) is -8.02. The van der Waals surface area contributed by atoms with Crippen LogP contribution in [0.1, 0.15) is 90.6 Å². The van der Waals surface area contributed by atoms with E-state index in [1.54, 1.807) is 6.92 Å². The maximum absolute atomic E-state index is 12.3. The Hall–Kier alpha value is -4.44. The van der Waals surface area contributed by atoms with Crippen molar-refractivity contribution in [1.29, 1.82) is 0 Å². The van der Waals surface area contributed by atoms with Gasteiger partial charge in [-0.1, -0.05) is 6.07 Å². The van der Waals surface area contributed by atoms with Crippen LogP contribution in [-0.4, -0.2) is 51.7 Å². The Morgan fingerprint density at radius 3 is 1.73 bits per heavy atom. The standard InChI is InChI=1S/2C10H8F3NO.C6H7F3O2.C6H8O2/c11-10(12,13)9-4-2-6-1-3-7(15)5-8(6)14-9;11-10(12,13)9-5-4-6-7(14-9)2-1-3-8(6)15;1-2-11-4-3-5(10)6(7,8)9;7-5-2-1-3-6(8)4-5/h2,4H,1,3,5H2;4-5H,1-3H2;3-4H,2H2,1H3;1-4H2/b;;4-3+;. The molecule has 0 amide bonds. The number of alkyl halides is 9. The number of nitrogens with zero attached hydrogens (tertiary/aromatic N) is 2. The van der Waals surface area contributed by atoms with Gasteiger partial charge in [-0.3, -0.25) is 24.0 Å². The summed E-state index contributed by atoms with van der Waals surface area (Å²) in [5.74, 6) is -1.85. The molecule has 3 aliphatic rings. The molecule has 0 saturated heterocycles. The Kier molecular flexibility index (Phi) is 14.8. The topological polar surface area (TPSA) is 120 Å². The van der Waals surface area contributed by atoms with E-state index < -0.39 is 35.7 Å². The first kappa shape index (κ1) is 40.7. The SMILES string of the molecule is CCO/C=C/C(=O)C(F)(F)F.O=C1CCCC(=O)C1.O=C1CCCc2nc(C(F)(F)F)ccc21.O=C1CCc2ccc(C(F)(F)F)nc2C1. The lowest BCUT2D eigenvalue weighted by Crippen LogP contribution is -2.19. The van der Waals surface area contributed by atoms with E-state index in [2.05, 4.69) is 14.7 Å². The number of hydrogen-bond acceptors (Lipinski definition) is 8. The predicted molar refractivity (Wildman–Crippen MR) is 153 cm³/mol. The number of ketones is 5. The quantitative estimate of drug-likeness (QED) is 0.143. The highest BCUT2D eigenvalue weighted by Crippen LogP contribution is 2.31. The smallest absolute Gasteiger partial charge is 0.454 e. The number of hydrogen-bond donors (Lipinski definition) is 0. The van der Waals surface area contributed by atoms with Crippen LogP contribution in [0.25, 0.3) is 0 Å². The Labute approximate surface area is 274 Å². The zero-order valence-corrected chi connectivity index (χ0v) is 26.0. The first-order chi connectivity index (χ1) is 22.7. The molecule has 49 heavy (non-hydrogen) atoms. The summed E-state index contributed by atoms with van der Waals surface area (Å²) in [4.78, 5) is 60.3. The lowest BCUT2D eigenvalue weighted by molar-refractivity contribution is -0.165. The molecule has 8 nitrogen and oxygen atoms in total. The first-order valence-electron chi connectivity index (χ1n) is 14.8. The molecule has 3 aliphatic carbocycles. The van der Waals surface area contributed by atoms with E-state index in [0.29, 0.717) is 56.6 Å². The zero-order valence-electron chi connectivity index (χ0n) is 26.0. The largest absolute Gasteiger partial charge is 0.501 e. The fourth-order valence-corrected chi connectivity index (χ4v) is 4.45. The zero-order chi connectivity index (χ0) is 37.0. The molecule has 0 N–H and O–H groups in total. The average molecular weight is 711 g/mol. The van der Waals surface area contributed by atoms with Crippen molar-refractivity contribution in [2.24, 2.45) is 0 Å².